The van der Waals surface area contributed by atoms with E-state index in [1.165, 1.54) is 66.9 Å². The second-order valence-corrected chi connectivity index (χ2v) is 11.5. The van der Waals surface area contributed by atoms with Crippen molar-refractivity contribution >= 4 is 17.1 Å². The molecule has 2 aromatic heterocycles. The number of unbranched alkanes of at least 4 members (excludes halogenated alkanes) is 15. The minimum atomic E-state index is -0.581. The van der Waals surface area contributed by atoms with E-state index in [0.717, 1.165) is 51.4 Å². The third kappa shape index (κ3) is 12.0. The number of nitrogens with zero attached hydrogens (tertiary/aromatic N) is 4. The van der Waals surface area contributed by atoms with E-state index in [4.69, 9.17) is 0 Å². The van der Waals surface area contributed by atoms with Crippen LogP contribution in [0.4, 0.5) is 0 Å². The Bertz CT molecular complexity index is 1100. The molecule has 2 rings (SSSR count). The lowest BCUT2D eigenvalue weighted by molar-refractivity contribution is -0.123. The monoisotopic (exact) mass is 561 g/mol. The summed E-state index contributed by atoms with van der Waals surface area (Å²) in [5.74, 6) is -0.0507. The second-order valence-electron chi connectivity index (χ2n) is 11.5. The zero-order valence-corrected chi connectivity index (χ0v) is 25.5. The SMILES string of the molecule is CCCCCCCCCCCCCNC(=O)CC(O)CCCCCCCCn1c(=O)c2c(ncn2C)n(C)c1=O. The Morgan fingerprint density at radius 2 is 1.40 bits per heavy atom. The van der Waals surface area contributed by atoms with Crippen molar-refractivity contribution in [2.45, 2.75) is 142 Å². The van der Waals surface area contributed by atoms with Gasteiger partial charge in [0.05, 0.1) is 18.9 Å². The molecule has 9 nitrogen and oxygen atoms in total. The Kier molecular flexibility index (Phi) is 16.6. The number of carbonyl (C=O) groups excluding carboxylic acids is 1. The van der Waals surface area contributed by atoms with Gasteiger partial charge < -0.3 is 15.0 Å². The third-order valence-corrected chi connectivity index (χ3v) is 7.89. The summed E-state index contributed by atoms with van der Waals surface area (Å²) in [5, 5.41) is 13.2. The van der Waals surface area contributed by atoms with Gasteiger partial charge in [0, 0.05) is 27.2 Å². The molecule has 0 aromatic carbocycles. The predicted octanol–water partition coefficient (Wildman–Crippen LogP) is 5.34. The first-order valence-electron chi connectivity index (χ1n) is 15.9. The van der Waals surface area contributed by atoms with Crippen LogP contribution in [0.25, 0.3) is 11.2 Å². The van der Waals surface area contributed by atoms with E-state index in [1.807, 2.05) is 0 Å². The lowest BCUT2D eigenvalue weighted by Gasteiger charge is -2.11. The summed E-state index contributed by atoms with van der Waals surface area (Å²) in [5.41, 5.74) is 0.254. The molecule has 0 aliphatic rings. The topological polar surface area (TPSA) is 111 Å². The molecule has 1 unspecified atom stereocenters. The molecule has 2 aromatic rings. The summed E-state index contributed by atoms with van der Waals surface area (Å²) in [6.45, 7) is 3.36. The van der Waals surface area contributed by atoms with Crippen molar-refractivity contribution in [3.8, 4) is 0 Å². The predicted molar refractivity (Wildman–Crippen MR) is 163 cm³/mol. The van der Waals surface area contributed by atoms with Crippen LogP contribution < -0.4 is 16.6 Å². The molecule has 0 saturated carbocycles. The fourth-order valence-electron chi connectivity index (χ4n) is 5.36. The number of rotatable bonds is 23. The zero-order valence-electron chi connectivity index (χ0n) is 25.5. The Morgan fingerprint density at radius 1 is 0.850 bits per heavy atom. The number of imidazole rings is 1. The highest BCUT2D eigenvalue weighted by Gasteiger charge is 2.14. The van der Waals surface area contributed by atoms with Crippen LogP contribution in [-0.2, 0) is 25.4 Å². The van der Waals surface area contributed by atoms with Gasteiger partial charge in [0.1, 0.15) is 0 Å². The van der Waals surface area contributed by atoms with Gasteiger partial charge in [-0.15, -0.1) is 0 Å². The minimum Gasteiger partial charge on any atom is -0.393 e. The minimum absolute atomic E-state index is 0.0507. The number of aliphatic hydroxyl groups is 1. The van der Waals surface area contributed by atoms with E-state index in [0.29, 0.717) is 30.7 Å². The molecule has 0 fully saturated rings. The van der Waals surface area contributed by atoms with E-state index in [2.05, 4.69) is 17.2 Å². The summed E-state index contributed by atoms with van der Waals surface area (Å²) in [6.07, 6.45) is 21.6. The van der Waals surface area contributed by atoms with Gasteiger partial charge in [-0.2, -0.15) is 0 Å². The molecule has 228 valence electrons. The molecule has 1 amide bonds. The van der Waals surface area contributed by atoms with E-state index < -0.39 is 6.10 Å². The van der Waals surface area contributed by atoms with Crippen LogP contribution in [-0.4, -0.2) is 42.3 Å². The van der Waals surface area contributed by atoms with Gasteiger partial charge in [0.25, 0.3) is 5.56 Å². The maximum absolute atomic E-state index is 12.7. The van der Waals surface area contributed by atoms with Gasteiger partial charge >= 0.3 is 5.69 Å². The first kappa shape index (κ1) is 33.8. The Balaban J connectivity index is 1.44. The van der Waals surface area contributed by atoms with Crippen LogP contribution in [0.2, 0.25) is 0 Å². The fraction of sp³-hybridized carbons (Fsp3) is 0.806. The zero-order chi connectivity index (χ0) is 29.2. The number of aliphatic hydroxyl groups excluding tert-OH is 1. The second kappa shape index (κ2) is 19.6. The van der Waals surface area contributed by atoms with Crippen molar-refractivity contribution in [2.24, 2.45) is 14.1 Å². The Morgan fingerprint density at radius 3 is 2.02 bits per heavy atom. The van der Waals surface area contributed by atoms with Crippen molar-refractivity contribution in [3.05, 3.63) is 27.2 Å². The van der Waals surface area contributed by atoms with Crippen LogP contribution in [0.3, 0.4) is 0 Å². The summed E-state index contributed by atoms with van der Waals surface area (Å²) >= 11 is 0. The summed E-state index contributed by atoms with van der Waals surface area (Å²) in [4.78, 5) is 41.5. The van der Waals surface area contributed by atoms with Gasteiger partial charge in [-0.1, -0.05) is 103 Å². The highest BCUT2D eigenvalue weighted by molar-refractivity contribution is 5.76. The molecule has 9 heteroatoms. The van der Waals surface area contributed by atoms with Crippen molar-refractivity contribution in [1.29, 1.82) is 0 Å². The lowest BCUT2D eigenvalue weighted by Crippen LogP contribution is -2.39. The largest absolute Gasteiger partial charge is 0.393 e. The molecular formula is C31H55N5O4. The van der Waals surface area contributed by atoms with Gasteiger partial charge in [-0.05, 0) is 19.3 Å². The highest BCUT2D eigenvalue weighted by atomic mass is 16.3. The molecule has 0 aliphatic carbocycles. The first-order valence-corrected chi connectivity index (χ1v) is 15.9. The van der Waals surface area contributed by atoms with Gasteiger partial charge in [-0.3, -0.25) is 18.7 Å². The van der Waals surface area contributed by atoms with E-state index in [9.17, 15) is 19.5 Å². The number of amides is 1. The molecule has 0 bridgehead atoms. The van der Waals surface area contributed by atoms with Crippen LogP contribution in [0.15, 0.2) is 15.9 Å². The maximum Gasteiger partial charge on any atom is 0.332 e. The fourth-order valence-corrected chi connectivity index (χ4v) is 5.36. The van der Waals surface area contributed by atoms with Crippen LogP contribution >= 0.6 is 0 Å². The first-order chi connectivity index (χ1) is 19.4. The van der Waals surface area contributed by atoms with Gasteiger partial charge in [0.15, 0.2) is 11.2 Å². The number of fused-ring (bicyclic) bond motifs is 1. The number of aryl methyl sites for hydroxylation is 2. The Hall–Kier alpha value is -2.42. The number of aromatic nitrogens is 4. The molecule has 0 saturated heterocycles. The average molecular weight is 562 g/mol. The summed E-state index contributed by atoms with van der Waals surface area (Å²) in [7, 11) is 3.40. The number of hydrogen-bond donors (Lipinski definition) is 2. The molecule has 0 spiro atoms. The van der Waals surface area contributed by atoms with Crippen LogP contribution in [0.5, 0.6) is 0 Å². The molecule has 1 atom stereocenters. The van der Waals surface area contributed by atoms with Crippen molar-refractivity contribution < 1.29 is 9.90 Å². The number of carbonyl (C=O) groups is 1. The lowest BCUT2D eigenvalue weighted by atomic mass is 10.0. The molecule has 40 heavy (non-hydrogen) atoms. The van der Waals surface area contributed by atoms with Crippen LogP contribution in [0, 0.1) is 0 Å². The maximum atomic E-state index is 12.7. The average Bonchev–Trinajstić information content (AvgIpc) is 3.32. The van der Waals surface area contributed by atoms with E-state index >= 15 is 0 Å². The number of nitrogens with one attached hydrogen (secondary N) is 1. The van der Waals surface area contributed by atoms with Crippen molar-refractivity contribution in [2.75, 3.05) is 6.54 Å². The normalized spacial score (nSPS) is 12.3. The standard InChI is InChI=1S/C31H55N5O4/c1-4-5-6-7-8-9-10-11-13-16-19-22-32-27(38)24-26(37)21-18-15-12-14-17-20-23-36-30(39)28-29(33-25-34(28)2)35(3)31(36)40/h25-26,37H,4-24H2,1-3H3,(H,32,38). The van der Waals surface area contributed by atoms with Gasteiger partial charge in [0.2, 0.25) is 5.91 Å². The summed E-state index contributed by atoms with van der Waals surface area (Å²) < 4.78 is 4.40. The van der Waals surface area contributed by atoms with Gasteiger partial charge in [-0.25, -0.2) is 9.78 Å². The van der Waals surface area contributed by atoms with Crippen molar-refractivity contribution in [1.82, 2.24) is 24.0 Å². The molecule has 0 aliphatic heterocycles. The van der Waals surface area contributed by atoms with Crippen LogP contribution in [0.1, 0.15) is 129 Å². The molecule has 2 N–H and O–H groups in total. The molecule has 2 heterocycles. The summed E-state index contributed by atoms with van der Waals surface area (Å²) in [6, 6.07) is 0. The van der Waals surface area contributed by atoms with E-state index in [-0.39, 0.29) is 23.6 Å². The quantitative estimate of drug-likeness (QED) is 0.178. The number of hydrogen-bond acceptors (Lipinski definition) is 5. The molecular weight excluding hydrogens is 506 g/mol. The molecule has 0 radical (unpaired) electrons. The van der Waals surface area contributed by atoms with Crippen molar-refractivity contribution in [3.63, 3.8) is 0 Å². The van der Waals surface area contributed by atoms with E-state index in [1.54, 1.807) is 25.0 Å². The Labute approximate surface area is 240 Å². The third-order valence-electron chi connectivity index (χ3n) is 7.89. The highest BCUT2D eigenvalue weighted by Crippen LogP contribution is 2.12. The smallest absolute Gasteiger partial charge is 0.332 e.